The van der Waals surface area contributed by atoms with Crippen LogP contribution in [0, 0.1) is 34.5 Å². The molecule has 27 heavy (non-hydrogen) atoms. The fourth-order valence-electron chi connectivity index (χ4n) is 5.76. The molecule has 2 aliphatic rings. The Morgan fingerprint density at radius 2 is 1.19 bits per heavy atom. The second-order valence-corrected chi connectivity index (χ2v) is 10.1. The lowest BCUT2D eigenvalue weighted by atomic mass is 9.66. The first-order valence-corrected chi connectivity index (χ1v) is 12.6. The second kappa shape index (κ2) is 12.9. The third kappa shape index (κ3) is 8.17. The molecule has 2 rings (SSSR count). The summed E-state index contributed by atoms with van der Waals surface area (Å²) in [5.74, 6) is 2.85. The molecular formula is C26H47N. The van der Waals surface area contributed by atoms with Crippen molar-refractivity contribution in [1.29, 1.82) is 5.26 Å². The standard InChI is InChI=1S/C26H47N/c1-3-5-7-8-9-11-24-16-19-26(22-27,20-17-24)21-18-25-14-12-23(13-15-25)10-6-4-2/h23-25H,3-21H2,1-2H3/t23-,24-,25-,26-. The molecule has 1 nitrogen and oxygen atoms in total. The molecule has 0 aromatic heterocycles. The van der Waals surface area contributed by atoms with Gasteiger partial charge < -0.3 is 0 Å². The molecule has 2 fully saturated rings. The maximum atomic E-state index is 9.92. The Labute approximate surface area is 170 Å². The maximum Gasteiger partial charge on any atom is 0.0689 e. The van der Waals surface area contributed by atoms with Gasteiger partial charge in [0.25, 0.3) is 0 Å². The molecule has 2 saturated carbocycles. The third-order valence-electron chi connectivity index (χ3n) is 7.98. The minimum absolute atomic E-state index is 0.0395. The zero-order valence-electron chi connectivity index (χ0n) is 18.6. The molecule has 0 atom stereocenters. The summed E-state index contributed by atoms with van der Waals surface area (Å²) in [5.41, 5.74) is 0.0395. The van der Waals surface area contributed by atoms with Crippen molar-refractivity contribution in [2.24, 2.45) is 23.2 Å². The summed E-state index contributed by atoms with van der Waals surface area (Å²) in [6, 6.07) is 2.80. The van der Waals surface area contributed by atoms with Crippen molar-refractivity contribution < 1.29 is 0 Å². The molecule has 0 aromatic carbocycles. The van der Waals surface area contributed by atoms with Crippen LogP contribution >= 0.6 is 0 Å². The molecule has 2 aliphatic carbocycles. The molecule has 1 heteroatoms. The van der Waals surface area contributed by atoms with E-state index in [9.17, 15) is 5.26 Å². The zero-order chi connectivity index (χ0) is 19.4. The van der Waals surface area contributed by atoms with Crippen LogP contribution in [0.25, 0.3) is 0 Å². The summed E-state index contributed by atoms with van der Waals surface area (Å²) in [4.78, 5) is 0. The normalized spacial score (nSPS) is 31.5. The lowest BCUT2D eigenvalue weighted by molar-refractivity contribution is 0.162. The van der Waals surface area contributed by atoms with Crippen molar-refractivity contribution in [3.05, 3.63) is 0 Å². The average molecular weight is 374 g/mol. The van der Waals surface area contributed by atoms with Gasteiger partial charge in [-0.15, -0.1) is 0 Å². The lowest BCUT2D eigenvalue weighted by Gasteiger charge is -2.37. The Balaban J connectivity index is 1.62. The molecule has 0 unspecified atom stereocenters. The quantitative estimate of drug-likeness (QED) is 0.313. The van der Waals surface area contributed by atoms with Crippen LogP contribution < -0.4 is 0 Å². The van der Waals surface area contributed by atoms with E-state index in [1.165, 1.54) is 122 Å². The van der Waals surface area contributed by atoms with Crippen molar-refractivity contribution in [3.8, 4) is 6.07 Å². The van der Waals surface area contributed by atoms with Gasteiger partial charge in [-0.2, -0.15) is 5.26 Å². The predicted molar refractivity (Wildman–Crippen MR) is 118 cm³/mol. The molecule has 0 aromatic rings. The smallest absolute Gasteiger partial charge is 0.0689 e. The largest absolute Gasteiger partial charge is 0.198 e. The van der Waals surface area contributed by atoms with Crippen LogP contribution in [0.1, 0.15) is 136 Å². The van der Waals surface area contributed by atoms with Crippen molar-refractivity contribution in [1.82, 2.24) is 0 Å². The fraction of sp³-hybridized carbons (Fsp3) is 0.962. The van der Waals surface area contributed by atoms with Crippen LogP contribution in [0.5, 0.6) is 0 Å². The Kier molecular flexibility index (Phi) is 10.8. The highest BCUT2D eigenvalue weighted by molar-refractivity contribution is 5.01. The van der Waals surface area contributed by atoms with Crippen LogP contribution in [0.2, 0.25) is 0 Å². The van der Waals surface area contributed by atoms with E-state index < -0.39 is 0 Å². The van der Waals surface area contributed by atoms with Gasteiger partial charge in [0.05, 0.1) is 11.5 Å². The highest BCUT2D eigenvalue weighted by Crippen LogP contribution is 2.45. The van der Waals surface area contributed by atoms with E-state index in [1.807, 2.05) is 0 Å². The number of hydrogen-bond donors (Lipinski definition) is 0. The van der Waals surface area contributed by atoms with E-state index in [4.69, 9.17) is 0 Å². The van der Waals surface area contributed by atoms with Gasteiger partial charge in [0.15, 0.2) is 0 Å². The summed E-state index contributed by atoms with van der Waals surface area (Å²) in [5, 5.41) is 9.92. The van der Waals surface area contributed by atoms with E-state index >= 15 is 0 Å². The summed E-state index contributed by atoms with van der Waals surface area (Å²) in [6.07, 6.45) is 26.0. The van der Waals surface area contributed by atoms with E-state index in [-0.39, 0.29) is 5.41 Å². The Hall–Kier alpha value is -0.510. The van der Waals surface area contributed by atoms with Crippen molar-refractivity contribution in [2.45, 2.75) is 136 Å². The van der Waals surface area contributed by atoms with Gasteiger partial charge in [0.2, 0.25) is 0 Å². The van der Waals surface area contributed by atoms with Crippen molar-refractivity contribution in [2.75, 3.05) is 0 Å². The predicted octanol–water partition coefficient (Wildman–Crippen LogP) is 8.82. The lowest BCUT2D eigenvalue weighted by Crippen LogP contribution is -2.27. The van der Waals surface area contributed by atoms with Crippen LogP contribution in [0.15, 0.2) is 0 Å². The molecule has 0 N–H and O–H groups in total. The molecule has 0 aliphatic heterocycles. The minimum atomic E-state index is 0.0395. The molecule has 0 amide bonds. The summed E-state index contributed by atoms with van der Waals surface area (Å²) >= 11 is 0. The Bertz CT molecular complexity index is 404. The topological polar surface area (TPSA) is 23.8 Å². The number of rotatable bonds is 12. The fourth-order valence-corrected chi connectivity index (χ4v) is 5.76. The first kappa shape index (κ1) is 22.8. The number of nitrogens with zero attached hydrogens (tertiary/aromatic N) is 1. The SMILES string of the molecule is CCCCCCC[C@H]1CC[C@@](C#N)(CC[C@H]2CC[C@H](CCCC)CC2)CC1. The number of nitriles is 1. The van der Waals surface area contributed by atoms with Gasteiger partial charge in [-0.05, 0) is 56.3 Å². The second-order valence-electron chi connectivity index (χ2n) is 10.1. The van der Waals surface area contributed by atoms with Gasteiger partial charge >= 0.3 is 0 Å². The van der Waals surface area contributed by atoms with Crippen molar-refractivity contribution in [3.63, 3.8) is 0 Å². The van der Waals surface area contributed by atoms with E-state index in [1.54, 1.807) is 0 Å². The Morgan fingerprint density at radius 1 is 0.667 bits per heavy atom. The first-order valence-electron chi connectivity index (χ1n) is 12.6. The van der Waals surface area contributed by atoms with E-state index in [0.29, 0.717) is 0 Å². The van der Waals surface area contributed by atoms with Gasteiger partial charge in [-0.25, -0.2) is 0 Å². The molecule has 0 saturated heterocycles. The molecule has 156 valence electrons. The summed E-state index contributed by atoms with van der Waals surface area (Å²) in [6.45, 7) is 4.61. The molecule has 0 spiro atoms. The first-order chi connectivity index (χ1) is 13.2. The van der Waals surface area contributed by atoms with Crippen LogP contribution in [-0.4, -0.2) is 0 Å². The van der Waals surface area contributed by atoms with E-state index in [2.05, 4.69) is 19.9 Å². The number of hydrogen-bond acceptors (Lipinski definition) is 1. The molecule has 0 bridgehead atoms. The average Bonchev–Trinajstić information content (AvgIpc) is 2.72. The summed E-state index contributed by atoms with van der Waals surface area (Å²) < 4.78 is 0. The summed E-state index contributed by atoms with van der Waals surface area (Å²) in [7, 11) is 0. The van der Waals surface area contributed by atoms with Gasteiger partial charge in [-0.3, -0.25) is 0 Å². The zero-order valence-corrected chi connectivity index (χ0v) is 18.6. The van der Waals surface area contributed by atoms with Crippen LogP contribution in [-0.2, 0) is 0 Å². The number of unbranched alkanes of at least 4 members (excludes halogenated alkanes) is 5. The molecule has 0 radical (unpaired) electrons. The Morgan fingerprint density at radius 3 is 1.78 bits per heavy atom. The van der Waals surface area contributed by atoms with Gasteiger partial charge in [0, 0.05) is 0 Å². The van der Waals surface area contributed by atoms with Gasteiger partial charge in [0.1, 0.15) is 0 Å². The third-order valence-corrected chi connectivity index (χ3v) is 7.98. The van der Waals surface area contributed by atoms with E-state index in [0.717, 1.165) is 17.8 Å². The maximum absolute atomic E-state index is 9.92. The highest BCUT2D eigenvalue weighted by atomic mass is 14.4. The van der Waals surface area contributed by atoms with Crippen LogP contribution in [0.4, 0.5) is 0 Å². The van der Waals surface area contributed by atoms with Gasteiger partial charge in [-0.1, -0.05) is 97.3 Å². The molecule has 0 heterocycles. The monoisotopic (exact) mass is 373 g/mol. The minimum Gasteiger partial charge on any atom is -0.198 e. The van der Waals surface area contributed by atoms with Crippen molar-refractivity contribution >= 4 is 0 Å². The van der Waals surface area contributed by atoms with Crippen LogP contribution in [0.3, 0.4) is 0 Å². The molecular weight excluding hydrogens is 326 g/mol. The highest BCUT2D eigenvalue weighted by Gasteiger charge is 2.36.